The van der Waals surface area contributed by atoms with E-state index in [0.29, 0.717) is 12.5 Å². The van der Waals surface area contributed by atoms with Crippen molar-refractivity contribution >= 4 is 0 Å². The minimum absolute atomic E-state index is 0.116. The van der Waals surface area contributed by atoms with Crippen LogP contribution in [0.5, 0.6) is 0 Å². The lowest BCUT2D eigenvalue weighted by Crippen LogP contribution is -2.37. The fourth-order valence-corrected chi connectivity index (χ4v) is 3.81. The molecule has 128 valence electrons. The molecule has 1 fully saturated rings. The molecule has 24 heavy (non-hydrogen) atoms. The fraction of sp³-hybridized carbons (Fsp3) is 0.429. The van der Waals surface area contributed by atoms with Gasteiger partial charge in [0.1, 0.15) is 5.82 Å². The smallest absolute Gasteiger partial charge is 0.126 e. The molecule has 3 heteroatoms. The Kier molecular flexibility index (Phi) is 5.64. The van der Waals surface area contributed by atoms with Crippen LogP contribution in [0.4, 0.5) is 4.39 Å². The molecular formula is C21H27FN2. The third-order valence-corrected chi connectivity index (χ3v) is 5.29. The fourth-order valence-electron chi connectivity index (χ4n) is 3.81. The van der Waals surface area contributed by atoms with Crippen molar-refractivity contribution in [2.45, 2.75) is 32.2 Å². The van der Waals surface area contributed by atoms with Crippen LogP contribution in [0, 0.1) is 18.7 Å². The number of halogens is 1. The Bertz CT molecular complexity index is 645. The summed E-state index contributed by atoms with van der Waals surface area (Å²) in [4.78, 5) is 2.50. The molecule has 2 N–H and O–H groups in total. The van der Waals surface area contributed by atoms with Gasteiger partial charge in [-0.3, -0.25) is 4.90 Å². The van der Waals surface area contributed by atoms with Crippen molar-refractivity contribution < 1.29 is 4.39 Å². The Morgan fingerprint density at radius 2 is 1.75 bits per heavy atom. The van der Waals surface area contributed by atoms with Gasteiger partial charge in [0.15, 0.2) is 0 Å². The molecule has 0 radical (unpaired) electrons. The third kappa shape index (κ3) is 4.03. The molecule has 1 aliphatic rings. The van der Waals surface area contributed by atoms with Gasteiger partial charge in [0.05, 0.1) is 0 Å². The van der Waals surface area contributed by atoms with Gasteiger partial charge < -0.3 is 5.73 Å². The maximum Gasteiger partial charge on any atom is 0.126 e. The number of likely N-dealkylation sites (tertiary alicyclic amines) is 1. The Morgan fingerprint density at radius 3 is 2.38 bits per heavy atom. The number of hydrogen-bond donors (Lipinski definition) is 1. The predicted octanol–water partition coefficient (Wildman–Crippen LogP) is 4.09. The highest BCUT2D eigenvalue weighted by Gasteiger charge is 2.28. The SMILES string of the molecule is Cc1ccc(CN2CCC(C(CN)c3ccccc3F)CC2)cc1. The number of hydrogen-bond acceptors (Lipinski definition) is 2. The first-order valence-electron chi connectivity index (χ1n) is 8.89. The summed E-state index contributed by atoms with van der Waals surface area (Å²) in [6.45, 7) is 5.75. The normalized spacial score (nSPS) is 17.8. The van der Waals surface area contributed by atoms with Crippen LogP contribution >= 0.6 is 0 Å². The average Bonchev–Trinajstić information content (AvgIpc) is 2.61. The van der Waals surface area contributed by atoms with E-state index in [-0.39, 0.29) is 11.7 Å². The van der Waals surface area contributed by atoms with Crippen molar-refractivity contribution in [3.05, 3.63) is 71.0 Å². The number of benzene rings is 2. The van der Waals surface area contributed by atoms with Crippen LogP contribution in [-0.2, 0) is 6.54 Å². The number of piperidine rings is 1. The zero-order valence-electron chi connectivity index (χ0n) is 14.4. The van der Waals surface area contributed by atoms with Crippen molar-refractivity contribution in [2.75, 3.05) is 19.6 Å². The molecule has 0 saturated carbocycles. The second-order valence-corrected chi connectivity index (χ2v) is 6.96. The molecule has 2 nitrogen and oxygen atoms in total. The summed E-state index contributed by atoms with van der Waals surface area (Å²) in [6.07, 6.45) is 2.17. The van der Waals surface area contributed by atoms with E-state index in [2.05, 4.69) is 36.1 Å². The Balaban J connectivity index is 1.59. The van der Waals surface area contributed by atoms with Gasteiger partial charge >= 0.3 is 0 Å². The van der Waals surface area contributed by atoms with Gasteiger partial charge in [0.2, 0.25) is 0 Å². The number of aryl methyl sites for hydroxylation is 1. The van der Waals surface area contributed by atoms with Crippen LogP contribution in [0.2, 0.25) is 0 Å². The van der Waals surface area contributed by atoms with E-state index in [0.717, 1.165) is 38.0 Å². The van der Waals surface area contributed by atoms with Crippen molar-refractivity contribution in [1.29, 1.82) is 0 Å². The van der Waals surface area contributed by atoms with Gasteiger partial charge in [-0.05, 0) is 62.5 Å². The number of nitrogens with two attached hydrogens (primary N) is 1. The molecule has 2 aromatic rings. The lowest BCUT2D eigenvalue weighted by Gasteiger charge is -2.36. The standard InChI is InChI=1S/C21H27FN2/c1-16-6-8-17(9-7-16)15-24-12-10-18(11-13-24)20(14-23)19-4-2-3-5-21(19)22/h2-9,18,20H,10-15,23H2,1H3. The monoisotopic (exact) mass is 326 g/mol. The predicted molar refractivity (Wildman–Crippen MR) is 97.4 cm³/mol. The first kappa shape index (κ1) is 17.1. The number of rotatable bonds is 5. The summed E-state index contributed by atoms with van der Waals surface area (Å²) in [5.41, 5.74) is 9.45. The largest absolute Gasteiger partial charge is 0.330 e. The first-order valence-corrected chi connectivity index (χ1v) is 8.89. The Morgan fingerprint density at radius 1 is 1.08 bits per heavy atom. The van der Waals surface area contributed by atoms with E-state index >= 15 is 0 Å². The highest BCUT2D eigenvalue weighted by molar-refractivity contribution is 5.23. The Labute approximate surface area is 144 Å². The van der Waals surface area contributed by atoms with Crippen molar-refractivity contribution in [3.8, 4) is 0 Å². The minimum Gasteiger partial charge on any atom is -0.330 e. The van der Waals surface area contributed by atoms with Crippen LogP contribution < -0.4 is 5.73 Å². The summed E-state index contributed by atoms with van der Waals surface area (Å²) >= 11 is 0. The summed E-state index contributed by atoms with van der Waals surface area (Å²) in [5, 5.41) is 0. The van der Waals surface area contributed by atoms with E-state index < -0.39 is 0 Å². The molecule has 1 aliphatic heterocycles. The molecular weight excluding hydrogens is 299 g/mol. The Hall–Kier alpha value is -1.71. The van der Waals surface area contributed by atoms with E-state index in [4.69, 9.17) is 5.73 Å². The van der Waals surface area contributed by atoms with Crippen LogP contribution in [0.25, 0.3) is 0 Å². The summed E-state index contributed by atoms with van der Waals surface area (Å²) in [6, 6.07) is 15.9. The molecule has 2 aromatic carbocycles. The molecule has 3 rings (SSSR count). The molecule has 0 aliphatic carbocycles. The minimum atomic E-state index is -0.116. The summed E-state index contributed by atoms with van der Waals surface area (Å²) < 4.78 is 14.1. The molecule has 1 heterocycles. The van der Waals surface area contributed by atoms with Crippen LogP contribution in [0.3, 0.4) is 0 Å². The summed E-state index contributed by atoms with van der Waals surface area (Å²) in [7, 11) is 0. The van der Waals surface area contributed by atoms with Gasteiger partial charge in [0.25, 0.3) is 0 Å². The second kappa shape index (κ2) is 7.91. The van der Waals surface area contributed by atoms with Crippen molar-refractivity contribution in [3.63, 3.8) is 0 Å². The third-order valence-electron chi connectivity index (χ3n) is 5.29. The van der Waals surface area contributed by atoms with Crippen LogP contribution in [0.1, 0.15) is 35.4 Å². The molecule has 1 saturated heterocycles. The average molecular weight is 326 g/mol. The quantitative estimate of drug-likeness (QED) is 0.897. The lowest BCUT2D eigenvalue weighted by atomic mass is 9.80. The van der Waals surface area contributed by atoms with E-state index in [1.807, 2.05) is 12.1 Å². The molecule has 0 bridgehead atoms. The molecule has 0 spiro atoms. The summed E-state index contributed by atoms with van der Waals surface area (Å²) in [5.74, 6) is 0.490. The maximum absolute atomic E-state index is 14.1. The van der Waals surface area contributed by atoms with Crippen LogP contribution in [0.15, 0.2) is 48.5 Å². The van der Waals surface area contributed by atoms with E-state index in [1.165, 1.54) is 11.1 Å². The molecule has 1 atom stereocenters. The first-order chi connectivity index (χ1) is 11.7. The zero-order chi connectivity index (χ0) is 16.9. The van der Waals surface area contributed by atoms with Gasteiger partial charge in [0, 0.05) is 12.5 Å². The maximum atomic E-state index is 14.1. The zero-order valence-corrected chi connectivity index (χ0v) is 14.4. The molecule has 0 aromatic heterocycles. The van der Waals surface area contributed by atoms with Gasteiger partial charge in [-0.15, -0.1) is 0 Å². The molecule has 0 amide bonds. The van der Waals surface area contributed by atoms with Gasteiger partial charge in [-0.2, -0.15) is 0 Å². The van der Waals surface area contributed by atoms with Crippen molar-refractivity contribution in [1.82, 2.24) is 4.90 Å². The van der Waals surface area contributed by atoms with Gasteiger partial charge in [-0.25, -0.2) is 4.39 Å². The van der Waals surface area contributed by atoms with E-state index in [1.54, 1.807) is 12.1 Å². The lowest BCUT2D eigenvalue weighted by molar-refractivity contribution is 0.162. The highest BCUT2D eigenvalue weighted by atomic mass is 19.1. The van der Waals surface area contributed by atoms with Gasteiger partial charge in [-0.1, -0.05) is 48.0 Å². The topological polar surface area (TPSA) is 29.3 Å². The second-order valence-electron chi connectivity index (χ2n) is 6.96. The number of nitrogens with zero attached hydrogens (tertiary/aromatic N) is 1. The van der Waals surface area contributed by atoms with Crippen LogP contribution in [-0.4, -0.2) is 24.5 Å². The van der Waals surface area contributed by atoms with E-state index in [9.17, 15) is 4.39 Å². The highest BCUT2D eigenvalue weighted by Crippen LogP contribution is 2.33. The molecule has 1 unspecified atom stereocenters. The van der Waals surface area contributed by atoms with Crippen molar-refractivity contribution in [2.24, 2.45) is 11.7 Å².